The number of carbonyl (C=O) groups is 1. The summed E-state index contributed by atoms with van der Waals surface area (Å²) in [5, 5.41) is 3.93. The Kier molecular flexibility index (Phi) is 4.51. The molecule has 0 amide bonds. The molecule has 19 heavy (non-hydrogen) atoms. The molecule has 2 aromatic heterocycles. The average molecular weight is 281 g/mol. The maximum Gasteiger partial charge on any atom is 0.360 e. The normalized spacial score (nSPS) is 10.4. The van der Waals surface area contributed by atoms with Crippen LogP contribution in [0.15, 0.2) is 16.9 Å². The van der Waals surface area contributed by atoms with Crippen molar-refractivity contribution in [1.29, 1.82) is 0 Å². The van der Waals surface area contributed by atoms with Crippen LogP contribution in [0.3, 0.4) is 0 Å². The number of nitrogens with zero attached hydrogens (tertiary/aromatic N) is 2. The molecule has 0 radical (unpaired) electrons. The fraction of sp³-hybridized carbons (Fsp3) is 0.417. The molecule has 0 aliphatic heterocycles. The molecular weight excluding hydrogens is 266 g/mol. The number of hydrogen-bond acceptors (Lipinski definition) is 7. The summed E-state index contributed by atoms with van der Waals surface area (Å²) in [6.45, 7) is 4.66. The molecule has 2 heterocycles. The summed E-state index contributed by atoms with van der Waals surface area (Å²) in [5.41, 5.74) is 0.165. The van der Waals surface area contributed by atoms with Gasteiger partial charge in [0.05, 0.1) is 13.2 Å². The van der Waals surface area contributed by atoms with E-state index in [0.29, 0.717) is 13.2 Å². The maximum atomic E-state index is 11.4. The van der Waals surface area contributed by atoms with Gasteiger partial charge in [0, 0.05) is 11.1 Å². The molecule has 7 heteroatoms. The zero-order valence-electron chi connectivity index (χ0n) is 10.8. The lowest BCUT2D eigenvalue weighted by Crippen LogP contribution is -2.05. The van der Waals surface area contributed by atoms with E-state index in [9.17, 15) is 4.79 Å². The number of oxazole rings is 1. The highest BCUT2D eigenvalue weighted by Crippen LogP contribution is 2.15. The van der Waals surface area contributed by atoms with Crippen LogP contribution in [0, 0.1) is 0 Å². The van der Waals surface area contributed by atoms with Crippen LogP contribution in [-0.4, -0.2) is 22.5 Å². The zero-order valence-corrected chi connectivity index (χ0v) is 11.6. The van der Waals surface area contributed by atoms with Crippen LogP contribution in [0.1, 0.15) is 34.2 Å². The van der Waals surface area contributed by atoms with Gasteiger partial charge in [-0.1, -0.05) is 6.92 Å². The van der Waals surface area contributed by atoms with E-state index in [0.717, 1.165) is 11.4 Å². The van der Waals surface area contributed by atoms with Gasteiger partial charge in [-0.3, -0.25) is 0 Å². The minimum atomic E-state index is -0.484. The minimum absolute atomic E-state index is 0.165. The second-order valence-electron chi connectivity index (χ2n) is 3.69. The third kappa shape index (κ3) is 3.54. The van der Waals surface area contributed by atoms with Crippen molar-refractivity contribution in [3.05, 3.63) is 28.0 Å². The Balaban J connectivity index is 1.91. The number of esters is 1. The van der Waals surface area contributed by atoms with Gasteiger partial charge in [-0.15, -0.1) is 11.3 Å². The van der Waals surface area contributed by atoms with Crippen LogP contribution in [0.5, 0.6) is 0 Å². The van der Waals surface area contributed by atoms with Crippen molar-refractivity contribution >= 4 is 23.3 Å². The summed E-state index contributed by atoms with van der Waals surface area (Å²) in [7, 11) is 0. The van der Waals surface area contributed by atoms with Crippen LogP contribution in [-0.2, 0) is 17.7 Å². The molecule has 0 aliphatic rings. The number of carbonyl (C=O) groups excluding carboxylic acids is 1. The minimum Gasteiger partial charge on any atom is -0.461 e. The fourth-order valence-corrected chi connectivity index (χ4v) is 2.20. The predicted octanol–water partition coefficient (Wildman–Crippen LogP) is 2.48. The van der Waals surface area contributed by atoms with Crippen LogP contribution in [0.2, 0.25) is 0 Å². The average Bonchev–Trinajstić information content (AvgIpc) is 3.06. The summed E-state index contributed by atoms with van der Waals surface area (Å²) in [6.07, 6.45) is 4.12. The zero-order chi connectivity index (χ0) is 13.7. The summed E-state index contributed by atoms with van der Waals surface area (Å²) in [6, 6.07) is 0.288. The van der Waals surface area contributed by atoms with E-state index in [1.54, 1.807) is 18.3 Å². The first-order valence-electron chi connectivity index (χ1n) is 6.03. The van der Waals surface area contributed by atoms with Crippen LogP contribution in [0.4, 0.5) is 6.01 Å². The van der Waals surface area contributed by atoms with Gasteiger partial charge in [-0.25, -0.2) is 9.78 Å². The Morgan fingerprint density at radius 1 is 1.53 bits per heavy atom. The van der Waals surface area contributed by atoms with E-state index in [2.05, 4.69) is 22.2 Å². The number of nitrogens with one attached hydrogen (secondary N) is 1. The highest BCUT2D eigenvalue weighted by molar-refractivity contribution is 7.11. The quantitative estimate of drug-likeness (QED) is 0.820. The lowest BCUT2D eigenvalue weighted by molar-refractivity contribution is 0.0519. The molecule has 0 spiro atoms. The largest absolute Gasteiger partial charge is 0.461 e. The third-order valence-electron chi connectivity index (χ3n) is 2.33. The maximum absolute atomic E-state index is 11.4. The predicted molar refractivity (Wildman–Crippen MR) is 71.3 cm³/mol. The topological polar surface area (TPSA) is 77.2 Å². The molecule has 2 aromatic rings. The summed E-state index contributed by atoms with van der Waals surface area (Å²) in [5.74, 6) is -0.484. The molecular formula is C12H15N3O3S. The number of rotatable bonds is 6. The summed E-state index contributed by atoms with van der Waals surface area (Å²) < 4.78 is 9.96. The lowest BCUT2D eigenvalue weighted by atomic mass is 10.4. The molecule has 0 atom stereocenters. The molecule has 0 unspecified atom stereocenters. The molecule has 0 saturated carbocycles. The van der Waals surface area contributed by atoms with E-state index in [-0.39, 0.29) is 11.7 Å². The van der Waals surface area contributed by atoms with Crippen molar-refractivity contribution in [2.45, 2.75) is 26.8 Å². The Morgan fingerprint density at radius 3 is 3.05 bits per heavy atom. The molecule has 0 bridgehead atoms. The van der Waals surface area contributed by atoms with E-state index < -0.39 is 5.97 Å². The highest BCUT2D eigenvalue weighted by Gasteiger charge is 2.13. The first-order valence-corrected chi connectivity index (χ1v) is 6.84. The number of aromatic nitrogens is 2. The molecule has 6 nitrogen and oxygen atoms in total. The number of ether oxygens (including phenoxy) is 1. The van der Waals surface area contributed by atoms with Crippen molar-refractivity contribution in [1.82, 2.24) is 9.97 Å². The summed E-state index contributed by atoms with van der Waals surface area (Å²) >= 11 is 1.64. The van der Waals surface area contributed by atoms with Gasteiger partial charge < -0.3 is 14.5 Å². The Bertz CT molecular complexity index is 550. The first-order chi connectivity index (χ1) is 9.22. The van der Waals surface area contributed by atoms with Gasteiger partial charge in [-0.05, 0) is 13.3 Å². The molecule has 0 fully saturated rings. The molecule has 0 aromatic carbocycles. The standard InChI is InChI=1S/C12H15N3O3S/c1-3-8-5-13-10(19-8)6-14-12-15-9(7-18-12)11(16)17-4-2/h5,7H,3-4,6H2,1-2H3,(H,14,15). The second kappa shape index (κ2) is 6.33. The van der Waals surface area contributed by atoms with Crippen molar-refractivity contribution in [3.8, 4) is 0 Å². The van der Waals surface area contributed by atoms with Gasteiger partial charge in [0.25, 0.3) is 6.01 Å². The Labute approximate surface area is 114 Å². The summed E-state index contributed by atoms with van der Waals surface area (Å²) in [4.78, 5) is 20.9. The molecule has 102 valence electrons. The SMILES string of the molecule is CCOC(=O)c1coc(NCc2ncc(CC)s2)n1. The first kappa shape index (κ1) is 13.5. The Morgan fingerprint density at radius 2 is 2.37 bits per heavy atom. The number of anilines is 1. The van der Waals surface area contributed by atoms with Crippen molar-refractivity contribution in [2.24, 2.45) is 0 Å². The van der Waals surface area contributed by atoms with Crippen molar-refractivity contribution in [3.63, 3.8) is 0 Å². The van der Waals surface area contributed by atoms with Gasteiger partial charge in [0.2, 0.25) is 0 Å². The van der Waals surface area contributed by atoms with Gasteiger partial charge in [0.1, 0.15) is 11.3 Å². The monoisotopic (exact) mass is 281 g/mol. The van der Waals surface area contributed by atoms with Crippen LogP contribution < -0.4 is 5.32 Å². The Hall–Kier alpha value is -1.89. The van der Waals surface area contributed by atoms with Gasteiger partial charge in [-0.2, -0.15) is 4.98 Å². The second-order valence-corrected chi connectivity index (χ2v) is 4.89. The lowest BCUT2D eigenvalue weighted by Gasteiger charge is -1.97. The molecule has 0 saturated heterocycles. The number of aryl methyl sites for hydroxylation is 1. The molecule has 1 N–H and O–H groups in total. The van der Waals surface area contributed by atoms with Crippen molar-refractivity contribution < 1.29 is 13.9 Å². The van der Waals surface area contributed by atoms with Crippen molar-refractivity contribution in [2.75, 3.05) is 11.9 Å². The van der Waals surface area contributed by atoms with Gasteiger partial charge >= 0.3 is 5.97 Å². The smallest absolute Gasteiger partial charge is 0.360 e. The van der Waals surface area contributed by atoms with E-state index in [1.165, 1.54) is 11.1 Å². The van der Waals surface area contributed by atoms with Crippen LogP contribution >= 0.6 is 11.3 Å². The van der Waals surface area contributed by atoms with E-state index in [1.807, 2.05) is 6.20 Å². The van der Waals surface area contributed by atoms with Crippen LogP contribution in [0.25, 0.3) is 0 Å². The van der Waals surface area contributed by atoms with Gasteiger partial charge in [0.15, 0.2) is 5.69 Å². The van der Waals surface area contributed by atoms with E-state index >= 15 is 0 Å². The van der Waals surface area contributed by atoms with E-state index in [4.69, 9.17) is 9.15 Å². The number of thiazole rings is 1. The number of hydrogen-bond donors (Lipinski definition) is 1. The third-order valence-corrected chi connectivity index (χ3v) is 3.47. The highest BCUT2D eigenvalue weighted by atomic mass is 32.1. The molecule has 0 aliphatic carbocycles. The molecule has 2 rings (SSSR count). The fourth-order valence-electron chi connectivity index (χ4n) is 1.40.